The Labute approximate surface area is 152 Å². The van der Waals surface area contributed by atoms with Gasteiger partial charge in [0, 0.05) is 6.42 Å². The van der Waals surface area contributed by atoms with Crippen molar-refractivity contribution in [2.45, 2.75) is 52.2 Å². The number of carbonyl (C=O) groups is 3. The summed E-state index contributed by atoms with van der Waals surface area (Å²) in [6.07, 6.45) is 0.121. The lowest BCUT2D eigenvalue weighted by atomic mass is 10.0. The lowest BCUT2D eigenvalue weighted by Crippen LogP contribution is -2.48. The topological polar surface area (TPSA) is 72.9 Å². The predicted octanol–water partition coefficient (Wildman–Crippen LogP) is 3.25. The average molecular weight is 365 g/mol. The standard InChI is InChI=1S/C19H24FNO5/c1-12(2)16-11-25-19(24)21(16)18(23)17(6-4-5-9-22)26-14-7-8-15(20)13(3)10-14/h7-10,12,16-17H,4-6,11H2,1-3H3/t16-,17-/m1/s1. The number of rotatable bonds is 8. The number of halogens is 1. The van der Waals surface area contributed by atoms with Crippen LogP contribution in [-0.2, 0) is 14.3 Å². The third-order valence-corrected chi connectivity index (χ3v) is 4.38. The minimum atomic E-state index is -0.952. The van der Waals surface area contributed by atoms with E-state index in [1.54, 1.807) is 6.92 Å². The van der Waals surface area contributed by atoms with E-state index in [0.717, 1.165) is 11.2 Å². The number of nitrogens with zero attached hydrogens (tertiary/aromatic N) is 1. The number of cyclic esters (lactones) is 1. The fourth-order valence-electron chi connectivity index (χ4n) is 2.81. The number of aldehydes is 1. The van der Waals surface area contributed by atoms with Gasteiger partial charge in [0.15, 0.2) is 6.10 Å². The normalized spacial score (nSPS) is 18.0. The van der Waals surface area contributed by atoms with E-state index in [0.29, 0.717) is 17.7 Å². The monoisotopic (exact) mass is 365 g/mol. The van der Waals surface area contributed by atoms with E-state index in [9.17, 15) is 18.8 Å². The van der Waals surface area contributed by atoms with Crippen molar-refractivity contribution in [2.24, 2.45) is 5.92 Å². The molecule has 1 aromatic rings. The summed E-state index contributed by atoms with van der Waals surface area (Å²) in [5.74, 6) is -0.501. The van der Waals surface area contributed by atoms with Crippen molar-refractivity contribution >= 4 is 18.3 Å². The SMILES string of the molecule is Cc1cc(O[C@H](CCCC=O)C(=O)N2C(=O)OC[C@@H]2C(C)C)ccc1F. The van der Waals surface area contributed by atoms with Gasteiger partial charge >= 0.3 is 6.09 Å². The van der Waals surface area contributed by atoms with Crippen LogP contribution in [-0.4, -0.2) is 41.9 Å². The molecule has 1 aliphatic rings. The van der Waals surface area contributed by atoms with Crippen LogP contribution in [0.25, 0.3) is 0 Å². The molecule has 1 saturated heterocycles. The molecule has 1 heterocycles. The number of unbranched alkanes of at least 4 members (excludes halogenated alkanes) is 1. The number of imide groups is 1. The molecule has 1 aliphatic heterocycles. The maximum absolute atomic E-state index is 13.4. The molecule has 0 aromatic heterocycles. The van der Waals surface area contributed by atoms with Crippen molar-refractivity contribution in [1.82, 2.24) is 4.90 Å². The Hall–Kier alpha value is -2.44. The van der Waals surface area contributed by atoms with E-state index in [2.05, 4.69) is 0 Å². The molecule has 0 bridgehead atoms. The minimum Gasteiger partial charge on any atom is -0.481 e. The van der Waals surface area contributed by atoms with E-state index >= 15 is 0 Å². The number of amides is 2. The molecule has 0 aliphatic carbocycles. The molecule has 0 saturated carbocycles. The highest BCUT2D eigenvalue weighted by molar-refractivity contribution is 5.96. The number of hydrogen-bond donors (Lipinski definition) is 0. The van der Waals surface area contributed by atoms with Gasteiger partial charge in [0.25, 0.3) is 5.91 Å². The van der Waals surface area contributed by atoms with Crippen molar-refractivity contribution in [3.63, 3.8) is 0 Å². The van der Waals surface area contributed by atoms with Gasteiger partial charge in [0.2, 0.25) is 0 Å². The summed E-state index contributed by atoms with van der Waals surface area (Å²) in [7, 11) is 0. The quantitative estimate of drug-likeness (QED) is 0.522. The zero-order valence-corrected chi connectivity index (χ0v) is 15.2. The lowest BCUT2D eigenvalue weighted by Gasteiger charge is -2.27. The van der Waals surface area contributed by atoms with Crippen LogP contribution < -0.4 is 4.74 Å². The molecule has 7 heteroatoms. The Balaban J connectivity index is 2.21. The number of carbonyl (C=O) groups excluding carboxylic acids is 3. The van der Waals surface area contributed by atoms with Crippen molar-refractivity contribution in [1.29, 1.82) is 0 Å². The Morgan fingerprint density at radius 3 is 2.81 bits per heavy atom. The molecule has 26 heavy (non-hydrogen) atoms. The maximum atomic E-state index is 13.4. The van der Waals surface area contributed by atoms with E-state index < -0.39 is 18.1 Å². The smallest absolute Gasteiger partial charge is 0.417 e. The number of benzene rings is 1. The molecule has 0 unspecified atom stereocenters. The van der Waals surface area contributed by atoms with Crippen LogP contribution in [0.2, 0.25) is 0 Å². The third kappa shape index (κ3) is 4.59. The second-order valence-corrected chi connectivity index (χ2v) is 6.71. The molecule has 1 fully saturated rings. The van der Waals surface area contributed by atoms with Gasteiger partial charge in [-0.1, -0.05) is 13.8 Å². The number of hydrogen-bond acceptors (Lipinski definition) is 5. The van der Waals surface area contributed by atoms with E-state index in [1.807, 2.05) is 13.8 Å². The van der Waals surface area contributed by atoms with Crippen LogP contribution in [0.3, 0.4) is 0 Å². The first-order chi connectivity index (χ1) is 12.3. The fraction of sp³-hybridized carbons (Fsp3) is 0.526. The van der Waals surface area contributed by atoms with Crippen molar-refractivity contribution in [3.8, 4) is 5.75 Å². The van der Waals surface area contributed by atoms with Gasteiger partial charge in [-0.15, -0.1) is 0 Å². The first-order valence-electron chi connectivity index (χ1n) is 8.71. The van der Waals surface area contributed by atoms with Crippen LogP contribution in [0.15, 0.2) is 18.2 Å². The second-order valence-electron chi connectivity index (χ2n) is 6.71. The molecule has 1 aromatic carbocycles. The number of ether oxygens (including phenoxy) is 2. The lowest BCUT2D eigenvalue weighted by molar-refractivity contribution is -0.137. The predicted molar refractivity (Wildman–Crippen MR) is 92.3 cm³/mol. The van der Waals surface area contributed by atoms with Gasteiger partial charge in [-0.3, -0.25) is 4.79 Å². The van der Waals surface area contributed by atoms with Gasteiger partial charge in [-0.05, 0) is 49.4 Å². The largest absolute Gasteiger partial charge is 0.481 e. The van der Waals surface area contributed by atoms with E-state index in [4.69, 9.17) is 9.47 Å². The first-order valence-corrected chi connectivity index (χ1v) is 8.71. The molecule has 0 radical (unpaired) electrons. The summed E-state index contributed by atoms with van der Waals surface area (Å²) in [6.45, 7) is 5.55. The van der Waals surface area contributed by atoms with Crippen LogP contribution in [0.5, 0.6) is 5.75 Å². The van der Waals surface area contributed by atoms with Gasteiger partial charge in [-0.25, -0.2) is 14.1 Å². The highest BCUT2D eigenvalue weighted by Crippen LogP contribution is 2.24. The fourth-order valence-corrected chi connectivity index (χ4v) is 2.81. The molecule has 2 atom stereocenters. The highest BCUT2D eigenvalue weighted by atomic mass is 19.1. The summed E-state index contributed by atoms with van der Waals surface area (Å²) < 4.78 is 24.2. The average Bonchev–Trinajstić information content (AvgIpc) is 2.98. The van der Waals surface area contributed by atoms with Crippen molar-refractivity contribution in [2.75, 3.05) is 6.61 Å². The molecular weight excluding hydrogens is 341 g/mol. The van der Waals surface area contributed by atoms with Crippen LogP contribution >= 0.6 is 0 Å². The first kappa shape index (κ1) is 19.9. The Bertz CT molecular complexity index is 676. The third-order valence-electron chi connectivity index (χ3n) is 4.38. The zero-order chi connectivity index (χ0) is 19.3. The molecule has 0 spiro atoms. The van der Waals surface area contributed by atoms with E-state index in [1.165, 1.54) is 18.2 Å². The highest BCUT2D eigenvalue weighted by Gasteiger charge is 2.42. The molecule has 2 rings (SSSR count). The minimum absolute atomic E-state index is 0.0362. The summed E-state index contributed by atoms with van der Waals surface area (Å²) in [5, 5.41) is 0. The van der Waals surface area contributed by atoms with Crippen molar-refractivity contribution in [3.05, 3.63) is 29.6 Å². The van der Waals surface area contributed by atoms with Crippen LogP contribution in [0, 0.1) is 18.7 Å². The molecule has 2 amide bonds. The summed E-state index contributed by atoms with van der Waals surface area (Å²) in [4.78, 5) is 36.7. The number of aryl methyl sites for hydroxylation is 1. The Kier molecular flexibility index (Phi) is 6.71. The van der Waals surface area contributed by atoms with Crippen LogP contribution in [0.4, 0.5) is 9.18 Å². The Morgan fingerprint density at radius 2 is 2.19 bits per heavy atom. The van der Waals surface area contributed by atoms with E-state index in [-0.39, 0.29) is 37.2 Å². The maximum Gasteiger partial charge on any atom is 0.417 e. The zero-order valence-electron chi connectivity index (χ0n) is 15.2. The van der Waals surface area contributed by atoms with Crippen LogP contribution in [0.1, 0.15) is 38.7 Å². The molecule has 0 N–H and O–H groups in total. The van der Waals surface area contributed by atoms with Gasteiger partial charge < -0.3 is 14.3 Å². The van der Waals surface area contributed by atoms with Gasteiger partial charge in [0.1, 0.15) is 24.5 Å². The molecular formula is C19H24FNO5. The summed E-state index contributed by atoms with van der Waals surface area (Å²) >= 11 is 0. The van der Waals surface area contributed by atoms with Crippen molar-refractivity contribution < 1.29 is 28.2 Å². The second kappa shape index (κ2) is 8.78. The summed E-state index contributed by atoms with van der Waals surface area (Å²) in [6, 6.07) is 3.84. The van der Waals surface area contributed by atoms with Gasteiger partial charge in [0.05, 0.1) is 6.04 Å². The summed E-state index contributed by atoms with van der Waals surface area (Å²) in [5.41, 5.74) is 0.391. The molecule has 6 nitrogen and oxygen atoms in total. The molecule has 142 valence electrons. The Morgan fingerprint density at radius 1 is 1.46 bits per heavy atom. The van der Waals surface area contributed by atoms with Gasteiger partial charge in [-0.2, -0.15) is 0 Å².